The van der Waals surface area contributed by atoms with Crippen LogP contribution in [0, 0.1) is 0 Å². The molecule has 0 unspecified atom stereocenters. The molecule has 0 aromatic carbocycles. The second-order valence-electron chi connectivity index (χ2n) is 4.17. The van der Waals surface area contributed by atoms with Crippen molar-refractivity contribution in [3.63, 3.8) is 0 Å². The number of nitrogens with two attached hydrogens (primary N) is 1. The molecule has 0 aliphatic carbocycles. The molecule has 0 amide bonds. The molecule has 1 aliphatic rings. The number of carbonyl (C=O) groups excluding carboxylic acids is 1. The Hall–Kier alpha value is -1.30. The SMILES string of the molecule is CC(=O)[C@@]1(O)O[C@H](CO)[C@@H](O)[C@](N)(O)[C@]1(O)N=[N+]=[N-]. The van der Waals surface area contributed by atoms with Gasteiger partial charge in [-0.15, -0.1) is 0 Å². The molecule has 1 aliphatic heterocycles. The fourth-order valence-corrected chi connectivity index (χ4v) is 1.80. The molecule has 1 fully saturated rings. The first-order valence-electron chi connectivity index (χ1n) is 5.08. The maximum Gasteiger partial charge on any atom is 0.267 e. The Kier molecular flexibility index (Phi) is 3.87. The van der Waals surface area contributed by atoms with Crippen molar-refractivity contribution in [1.82, 2.24) is 0 Å². The average molecular weight is 278 g/mol. The van der Waals surface area contributed by atoms with Crippen molar-refractivity contribution in [2.24, 2.45) is 10.8 Å². The number of hydrogen-bond donors (Lipinski definition) is 6. The number of ketones is 1. The Bertz CT molecular complexity index is 437. The third kappa shape index (κ3) is 1.89. The summed E-state index contributed by atoms with van der Waals surface area (Å²) in [5.74, 6) is -4.48. The van der Waals surface area contributed by atoms with E-state index in [1.54, 1.807) is 0 Å². The normalized spacial score (nSPS) is 46.5. The second kappa shape index (κ2) is 4.67. The van der Waals surface area contributed by atoms with Gasteiger partial charge >= 0.3 is 0 Å². The minimum absolute atomic E-state index is 0.764. The van der Waals surface area contributed by atoms with Crippen molar-refractivity contribution in [3.8, 4) is 0 Å². The molecule has 0 saturated carbocycles. The van der Waals surface area contributed by atoms with E-state index in [9.17, 15) is 25.2 Å². The molecule has 0 bridgehead atoms. The highest BCUT2D eigenvalue weighted by atomic mass is 16.7. The molecule has 1 heterocycles. The highest BCUT2D eigenvalue weighted by Crippen LogP contribution is 2.42. The monoisotopic (exact) mass is 278 g/mol. The van der Waals surface area contributed by atoms with Crippen LogP contribution in [0.5, 0.6) is 0 Å². The molecule has 0 aromatic rings. The first kappa shape index (κ1) is 15.8. The molecule has 19 heavy (non-hydrogen) atoms. The fourth-order valence-electron chi connectivity index (χ4n) is 1.80. The fraction of sp³-hybridized carbons (Fsp3) is 0.875. The number of hydrogen-bond acceptors (Lipinski definition) is 9. The lowest BCUT2D eigenvalue weighted by Gasteiger charge is -2.53. The van der Waals surface area contributed by atoms with Crippen molar-refractivity contribution < 1.29 is 35.1 Å². The van der Waals surface area contributed by atoms with E-state index in [4.69, 9.17) is 16.4 Å². The van der Waals surface area contributed by atoms with Gasteiger partial charge < -0.3 is 30.3 Å². The lowest BCUT2D eigenvalue weighted by molar-refractivity contribution is -0.395. The number of azide groups is 1. The van der Waals surface area contributed by atoms with E-state index in [1.807, 2.05) is 0 Å². The van der Waals surface area contributed by atoms with Gasteiger partial charge in [0.15, 0.2) is 11.5 Å². The summed E-state index contributed by atoms with van der Waals surface area (Å²) in [7, 11) is 0. The predicted molar refractivity (Wildman–Crippen MR) is 56.8 cm³/mol. The quantitative estimate of drug-likeness (QED) is 0.133. The number of aliphatic hydroxyl groups excluding tert-OH is 2. The Morgan fingerprint density at radius 1 is 1.53 bits per heavy atom. The molecule has 5 atom stereocenters. The molecular formula is C8H14N4O7. The number of carbonyl (C=O) groups is 1. The van der Waals surface area contributed by atoms with Crippen molar-refractivity contribution in [1.29, 1.82) is 0 Å². The number of rotatable bonds is 3. The number of Topliss-reactive ketones (excluding diaryl/α,β-unsaturated/α-hetero) is 1. The Morgan fingerprint density at radius 3 is 2.42 bits per heavy atom. The van der Waals surface area contributed by atoms with Crippen LogP contribution in [0.4, 0.5) is 0 Å². The van der Waals surface area contributed by atoms with E-state index in [0.29, 0.717) is 0 Å². The van der Waals surface area contributed by atoms with Gasteiger partial charge in [-0.05, 0) is 10.6 Å². The van der Waals surface area contributed by atoms with Gasteiger partial charge in [0.2, 0.25) is 0 Å². The highest BCUT2D eigenvalue weighted by molar-refractivity contribution is 5.85. The number of ether oxygens (including phenoxy) is 1. The Balaban J connectivity index is 3.53. The van der Waals surface area contributed by atoms with Crippen molar-refractivity contribution in [2.75, 3.05) is 6.61 Å². The Morgan fingerprint density at radius 2 is 2.05 bits per heavy atom. The van der Waals surface area contributed by atoms with Crippen LogP contribution in [-0.4, -0.2) is 67.4 Å². The largest absolute Gasteiger partial charge is 0.394 e. The van der Waals surface area contributed by atoms with Gasteiger partial charge in [0, 0.05) is 11.8 Å². The van der Waals surface area contributed by atoms with E-state index in [-0.39, 0.29) is 0 Å². The molecule has 0 radical (unpaired) electrons. The molecule has 1 rings (SSSR count). The van der Waals surface area contributed by atoms with Gasteiger partial charge in [-0.25, -0.2) is 0 Å². The zero-order valence-corrected chi connectivity index (χ0v) is 9.83. The van der Waals surface area contributed by atoms with Crippen LogP contribution in [0.15, 0.2) is 5.11 Å². The minimum Gasteiger partial charge on any atom is -0.394 e. The van der Waals surface area contributed by atoms with Gasteiger partial charge in [0.1, 0.15) is 12.2 Å². The maximum atomic E-state index is 11.4. The van der Waals surface area contributed by atoms with Gasteiger partial charge in [-0.1, -0.05) is 0 Å². The summed E-state index contributed by atoms with van der Waals surface area (Å²) in [5.41, 5.74) is 7.10. The van der Waals surface area contributed by atoms with Crippen molar-refractivity contribution in [3.05, 3.63) is 10.4 Å². The van der Waals surface area contributed by atoms with Crippen LogP contribution in [0.1, 0.15) is 6.92 Å². The zero-order valence-electron chi connectivity index (χ0n) is 9.83. The summed E-state index contributed by atoms with van der Waals surface area (Å²) < 4.78 is 4.65. The third-order valence-corrected chi connectivity index (χ3v) is 3.00. The lowest BCUT2D eigenvalue weighted by atomic mass is 9.80. The smallest absolute Gasteiger partial charge is 0.267 e. The highest BCUT2D eigenvalue weighted by Gasteiger charge is 2.72. The van der Waals surface area contributed by atoms with Gasteiger partial charge in [0.05, 0.1) is 6.61 Å². The van der Waals surface area contributed by atoms with E-state index < -0.39 is 41.8 Å². The standard InChI is InChI=1S/C8H14N4O7/c1-3(14)7(17)8(18,11-12-10)6(9,16)5(15)4(2-13)19-7/h4-5,13,15-18H,2,9H2,1H3/t4-,5-,6+,7-,8-/m1/s1. The minimum atomic E-state index is -3.38. The molecular weight excluding hydrogens is 264 g/mol. The van der Waals surface area contributed by atoms with Crippen LogP contribution in [0.3, 0.4) is 0 Å². The molecule has 11 heteroatoms. The summed E-state index contributed by atoms with van der Waals surface area (Å²) in [4.78, 5) is 13.6. The third-order valence-electron chi connectivity index (χ3n) is 3.00. The summed E-state index contributed by atoms with van der Waals surface area (Å²) in [6, 6.07) is 0. The van der Waals surface area contributed by atoms with Crippen LogP contribution < -0.4 is 5.73 Å². The van der Waals surface area contributed by atoms with E-state index in [0.717, 1.165) is 6.92 Å². The second-order valence-corrected chi connectivity index (χ2v) is 4.17. The van der Waals surface area contributed by atoms with Crippen molar-refractivity contribution in [2.45, 2.75) is 36.4 Å². The van der Waals surface area contributed by atoms with Crippen LogP contribution in [0.2, 0.25) is 0 Å². The van der Waals surface area contributed by atoms with Crippen LogP contribution in [-0.2, 0) is 9.53 Å². The Labute approximate surface area is 106 Å². The number of aliphatic hydroxyl groups is 5. The van der Waals surface area contributed by atoms with Crippen molar-refractivity contribution >= 4 is 5.78 Å². The van der Waals surface area contributed by atoms with Gasteiger partial charge in [-0.3, -0.25) is 10.5 Å². The van der Waals surface area contributed by atoms with Crippen LogP contribution in [0.25, 0.3) is 10.4 Å². The summed E-state index contributed by atoms with van der Waals surface area (Å²) in [5, 5.41) is 51.2. The molecule has 108 valence electrons. The predicted octanol–water partition coefficient (Wildman–Crippen LogP) is -3.34. The van der Waals surface area contributed by atoms with E-state index in [1.165, 1.54) is 0 Å². The molecule has 0 spiro atoms. The summed E-state index contributed by atoms with van der Waals surface area (Å²) in [6.45, 7) is -0.164. The average Bonchev–Trinajstić information content (AvgIpc) is 2.32. The number of nitrogens with zero attached hydrogens (tertiary/aromatic N) is 3. The van der Waals surface area contributed by atoms with Gasteiger partial charge in [0.25, 0.3) is 11.5 Å². The van der Waals surface area contributed by atoms with E-state index in [2.05, 4.69) is 14.8 Å². The first-order valence-corrected chi connectivity index (χ1v) is 5.08. The van der Waals surface area contributed by atoms with Crippen LogP contribution >= 0.6 is 0 Å². The first-order chi connectivity index (χ1) is 8.58. The topological polar surface area (TPSA) is 202 Å². The molecule has 7 N–H and O–H groups in total. The summed E-state index contributed by atoms with van der Waals surface area (Å²) >= 11 is 0. The molecule has 1 saturated heterocycles. The maximum absolute atomic E-state index is 11.4. The van der Waals surface area contributed by atoms with Gasteiger partial charge in [-0.2, -0.15) is 0 Å². The zero-order chi connectivity index (χ0) is 15.1. The lowest BCUT2D eigenvalue weighted by Crippen LogP contribution is -2.83. The summed E-state index contributed by atoms with van der Waals surface area (Å²) in [6.07, 6.45) is -3.81. The molecule has 11 nitrogen and oxygen atoms in total. The molecule has 0 aromatic heterocycles. The van der Waals surface area contributed by atoms with E-state index >= 15 is 0 Å².